The topological polar surface area (TPSA) is 93.5 Å². The van der Waals surface area contributed by atoms with Gasteiger partial charge in [-0.2, -0.15) is 15.3 Å². The molecule has 7 heteroatoms. The molecule has 0 unspecified atom stereocenters. The summed E-state index contributed by atoms with van der Waals surface area (Å²) in [5.74, 6) is 0.944. The van der Waals surface area contributed by atoms with Crippen molar-refractivity contribution in [1.29, 1.82) is 5.26 Å². The van der Waals surface area contributed by atoms with Crippen LogP contribution in [0.3, 0.4) is 0 Å². The number of hydrogen-bond donors (Lipinski definition) is 2. The molecule has 7 nitrogen and oxygen atoms in total. The van der Waals surface area contributed by atoms with Gasteiger partial charge in [-0.15, -0.1) is 0 Å². The number of nitriles is 1. The van der Waals surface area contributed by atoms with E-state index in [1.165, 1.54) is 6.20 Å². The van der Waals surface area contributed by atoms with Crippen LogP contribution in [0.5, 0.6) is 0 Å². The lowest BCUT2D eigenvalue weighted by molar-refractivity contribution is 1.07. The number of aryl methyl sites for hydroxylation is 1. The third-order valence-corrected chi connectivity index (χ3v) is 3.34. The van der Waals surface area contributed by atoms with Crippen molar-refractivity contribution >= 4 is 23.1 Å². The Hall–Kier alpha value is -3.40. The Balaban J connectivity index is 2.15. The fourth-order valence-corrected chi connectivity index (χ4v) is 2.27. The van der Waals surface area contributed by atoms with Crippen LogP contribution in [0.1, 0.15) is 11.1 Å². The molecule has 0 aliphatic carbocycles. The van der Waals surface area contributed by atoms with Gasteiger partial charge < -0.3 is 5.32 Å². The Labute approximate surface area is 133 Å². The average molecular weight is 305 g/mol. The molecule has 0 saturated heterocycles. The van der Waals surface area contributed by atoms with Gasteiger partial charge in [-0.05, 0) is 24.6 Å². The van der Waals surface area contributed by atoms with E-state index in [9.17, 15) is 0 Å². The third-order valence-electron chi connectivity index (χ3n) is 3.34. The third kappa shape index (κ3) is 2.82. The van der Waals surface area contributed by atoms with Crippen molar-refractivity contribution in [1.82, 2.24) is 20.2 Å². The minimum Gasteiger partial charge on any atom is -0.372 e. The summed E-state index contributed by atoms with van der Waals surface area (Å²) in [4.78, 5) is 10.7. The SMILES string of the molecule is CNc1nc(N(c2cn[nH]c2)c2cccc(C)c2)ncc1C#N. The van der Waals surface area contributed by atoms with Crippen molar-refractivity contribution in [2.45, 2.75) is 6.92 Å². The number of aromatic amines is 1. The van der Waals surface area contributed by atoms with E-state index in [2.05, 4.69) is 31.6 Å². The van der Waals surface area contributed by atoms with Gasteiger partial charge in [0.1, 0.15) is 17.5 Å². The first-order valence-electron chi connectivity index (χ1n) is 7.03. The zero-order chi connectivity index (χ0) is 16.2. The molecule has 0 fully saturated rings. The summed E-state index contributed by atoms with van der Waals surface area (Å²) < 4.78 is 0. The molecule has 1 aromatic carbocycles. The second-order valence-electron chi connectivity index (χ2n) is 4.93. The molecule has 0 saturated carbocycles. The van der Waals surface area contributed by atoms with Gasteiger partial charge in [0.25, 0.3) is 0 Å². The highest BCUT2D eigenvalue weighted by Gasteiger charge is 2.17. The Kier molecular flexibility index (Phi) is 3.89. The van der Waals surface area contributed by atoms with Gasteiger partial charge in [0, 0.05) is 18.9 Å². The van der Waals surface area contributed by atoms with E-state index in [1.54, 1.807) is 19.4 Å². The summed E-state index contributed by atoms with van der Waals surface area (Å²) in [5, 5.41) is 18.8. The van der Waals surface area contributed by atoms with Crippen LogP contribution in [0.2, 0.25) is 0 Å². The van der Waals surface area contributed by atoms with Gasteiger partial charge >= 0.3 is 0 Å². The molecule has 0 atom stereocenters. The maximum atomic E-state index is 9.12. The zero-order valence-corrected chi connectivity index (χ0v) is 12.8. The smallest absolute Gasteiger partial charge is 0.236 e. The molecule has 0 spiro atoms. The summed E-state index contributed by atoms with van der Waals surface area (Å²) in [5.41, 5.74) is 3.24. The molecule has 2 N–H and O–H groups in total. The predicted molar refractivity (Wildman–Crippen MR) is 87.9 cm³/mol. The van der Waals surface area contributed by atoms with Crippen molar-refractivity contribution in [3.8, 4) is 6.07 Å². The fourth-order valence-electron chi connectivity index (χ4n) is 2.27. The van der Waals surface area contributed by atoms with Crippen LogP contribution in [-0.2, 0) is 0 Å². The van der Waals surface area contributed by atoms with Crippen molar-refractivity contribution in [2.75, 3.05) is 17.3 Å². The lowest BCUT2D eigenvalue weighted by Gasteiger charge is -2.22. The first-order valence-corrected chi connectivity index (χ1v) is 7.03. The molecule has 0 aliphatic heterocycles. The van der Waals surface area contributed by atoms with Crippen LogP contribution in [0.25, 0.3) is 0 Å². The Morgan fingerprint density at radius 1 is 1.26 bits per heavy atom. The maximum Gasteiger partial charge on any atom is 0.236 e. The monoisotopic (exact) mass is 305 g/mol. The van der Waals surface area contributed by atoms with E-state index in [0.29, 0.717) is 17.3 Å². The number of nitrogens with zero attached hydrogens (tertiary/aromatic N) is 5. The summed E-state index contributed by atoms with van der Waals surface area (Å²) in [7, 11) is 1.72. The lowest BCUT2D eigenvalue weighted by Crippen LogP contribution is -2.14. The standard InChI is InChI=1S/C16H15N7/c1-11-4-3-5-13(6-11)23(14-9-20-21-10-14)16-19-8-12(7-17)15(18-2)22-16/h3-6,8-10H,1-2H3,(H,20,21)(H,18,19,22). The minimum absolute atomic E-state index is 0.396. The van der Waals surface area contributed by atoms with Gasteiger partial charge in [-0.25, -0.2) is 4.98 Å². The highest BCUT2D eigenvalue weighted by Crippen LogP contribution is 2.32. The van der Waals surface area contributed by atoms with E-state index in [0.717, 1.165) is 16.9 Å². The number of aromatic nitrogens is 4. The molecule has 3 rings (SSSR count). The second-order valence-corrected chi connectivity index (χ2v) is 4.93. The van der Waals surface area contributed by atoms with Crippen LogP contribution in [0, 0.1) is 18.3 Å². The minimum atomic E-state index is 0.396. The van der Waals surface area contributed by atoms with E-state index in [4.69, 9.17) is 5.26 Å². The van der Waals surface area contributed by atoms with E-state index >= 15 is 0 Å². The summed E-state index contributed by atoms with van der Waals surface area (Å²) in [6, 6.07) is 10.1. The fraction of sp³-hybridized carbons (Fsp3) is 0.125. The van der Waals surface area contributed by atoms with Crippen molar-refractivity contribution in [3.05, 3.63) is 54.0 Å². The van der Waals surface area contributed by atoms with Crippen LogP contribution in [-0.4, -0.2) is 27.2 Å². The number of anilines is 4. The average Bonchev–Trinajstić information content (AvgIpc) is 3.09. The van der Waals surface area contributed by atoms with Crippen LogP contribution in [0.4, 0.5) is 23.1 Å². The van der Waals surface area contributed by atoms with Crippen molar-refractivity contribution in [2.24, 2.45) is 0 Å². The Bertz CT molecular complexity index is 849. The zero-order valence-electron chi connectivity index (χ0n) is 12.8. The molecular weight excluding hydrogens is 290 g/mol. The van der Waals surface area contributed by atoms with Gasteiger partial charge in [0.15, 0.2) is 0 Å². The summed E-state index contributed by atoms with van der Waals surface area (Å²) in [6.07, 6.45) is 4.98. The highest BCUT2D eigenvalue weighted by atomic mass is 15.3. The number of rotatable bonds is 4. The predicted octanol–water partition coefficient (Wildman–Crippen LogP) is 2.89. The molecule has 0 aliphatic rings. The van der Waals surface area contributed by atoms with Gasteiger partial charge in [0.05, 0.1) is 18.1 Å². The number of H-pyrrole nitrogens is 1. The molecule has 0 amide bonds. The van der Waals surface area contributed by atoms with Crippen LogP contribution in [0.15, 0.2) is 42.9 Å². The van der Waals surface area contributed by atoms with E-state index < -0.39 is 0 Å². The molecule has 114 valence electrons. The molecule has 2 aromatic heterocycles. The Morgan fingerprint density at radius 3 is 2.78 bits per heavy atom. The Morgan fingerprint density at radius 2 is 2.13 bits per heavy atom. The molecular formula is C16H15N7. The first-order chi connectivity index (χ1) is 11.2. The number of benzene rings is 1. The van der Waals surface area contributed by atoms with Gasteiger partial charge in [-0.1, -0.05) is 12.1 Å². The second kappa shape index (κ2) is 6.15. The van der Waals surface area contributed by atoms with E-state index in [-0.39, 0.29) is 0 Å². The summed E-state index contributed by atoms with van der Waals surface area (Å²) >= 11 is 0. The molecule has 0 bridgehead atoms. The molecule has 2 heterocycles. The van der Waals surface area contributed by atoms with Gasteiger partial charge in [0.2, 0.25) is 5.95 Å². The quantitative estimate of drug-likeness (QED) is 0.769. The molecule has 3 aromatic rings. The number of nitrogens with one attached hydrogen (secondary N) is 2. The normalized spacial score (nSPS) is 10.1. The number of hydrogen-bond acceptors (Lipinski definition) is 6. The van der Waals surface area contributed by atoms with E-state index in [1.807, 2.05) is 36.1 Å². The van der Waals surface area contributed by atoms with Crippen LogP contribution >= 0.6 is 0 Å². The molecule has 23 heavy (non-hydrogen) atoms. The van der Waals surface area contributed by atoms with Crippen molar-refractivity contribution < 1.29 is 0 Å². The molecule has 0 radical (unpaired) electrons. The summed E-state index contributed by atoms with van der Waals surface area (Å²) in [6.45, 7) is 2.02. The first kappa shape index (κ1) is 14.5. The highest BCUT2D eigenvalue weighted by molar-refractivity contribution is 5.73. The largest absolute Gasteiger partial charge is 0.372 e. The van der Waals surface area contributed by atoms with Gasteiger partial charge in [-0.3, -0.25) is 10.00 Å². The lowest BCUT2D eigenvalue weighted by atomic mass is 10.2. The maximum absolute atomic E-state index is 9.12. The van der Waals surface area contributed by atoms with Crippen molar-refractivity contribution in [3.63, 3.8) is 0 Å². The van der Waals surface area contributed by atoms with Crippen LogP contribution < -0.4 is 10.2 Å².